The van der Waals surface area contributed by atoms with Gasteiger partial charge in [0.1, 0.15) is 9.71 Å². The van der Waals surface area contributed by atoms with Crippen molar-refractivity contribution in [2.75, 3.05) is 0 Å². The monoisotopic (exact) mass is 347 g/mol. The second-order valence-corrected chi connectivity index (χ2v) is 6.83. The molecule has 0 bridgehead atoms. The summed E-state index contributed by atoms with van der Waals surface area (Å²) in [5, 5.41) is 4.04. The van der Waals surface area contributed by atoms with E-state index in [2.05, 4.69) is 23.3 Å². The number of nitrogens with zero attached hydrogens (tertiary/aromatic N) is 2. The molecule has 4 nitrogen and oxygen atoms in total. The van der Waals surface area contributed by atoms with E-state index in [0.717, 1.165) is 21.5 Å². The van der Waals surface area contributed by atoms with Gasteiger partial charge in [-0.05, 0) is 42.3 Å². The van der Waals surface area contributed by atoms with Gasteiger partial charge in [0.05, 0.1) is 5.69 Å². The van der Waals surface area contributed by atoms with Gasteiger partial charge in [0.2, 0.25) is 0 Å². The minimum absolute atomic E-state index is 0.0741. The predicted molar refractivity (Wildman–Crippen MR) is 101 cm³/mol. The Morgan fingerprint density at radius 1 is 1.12 bits per heavy atom. The summed E-state index contributed by atoms with van der Waals surface area (Å²) in [5.74, 6) is -0.0741. The minimum atomic E-state index is -0.0741. The van der Waals surface area contributed by atoms with Crippen LogP contribution in [0.5, 0.6) is 0 Å². The summed E-state index contributed by atoms with van der Waals surface area (Å²) in [7, 11) is 0. The van der Waals surface area contributed by atoms with Gasteiger partial charge >= 0.3 is 0 Å². The van der Waals surface area contributed by atoms with Crippen LogP contribution < -0.4 is 5.32 Å². The van der Waals surface area contributed by atoms with Crippen molar-refractivity contribution in [3.63, 3.8) is 0 Å². The lowest BCUT2D eigenvalue weighted by atomic mass is 10.1. The van der Waals surface area contributed by atoms with Gasteiger partial charge in [0.25, 0.3) is 5.91 Å². The van der Waals surface area contributed by atoms with Crippen LogP contribution in [0.3, 0.4) is 0 Å². The van der Waals surface area contributed by atoms with Crippen molar-refractivity contribution >= 4 is 27.5 Å². The molecule has 0 saturated carbocycles. The summed E-state index contributed by atoms with van der Waals surface area (Å²) in [4.78, 5) is 18.8. The summed E-state index contributed by atoms with van der Waals surface area (Å²) in [6, 6.07) is 15.9. The molecule has 0 radical (unpaired) electrons. The fourth-order valence-corrected chi connectivity index (χ4v) is 3.94. The standard InChI is InChI=1S/C20H17N3OS/c1-14-7-2-3-8-15(14)13-22-19(24)18-17(23-11-4-5-12-23)16-9-6-10-21-20(16)25-18/h2-12H,13H2,1H3,(H,22,24). The average molecular weight is 347 g/mol. The molecule has 4 aromatic rings. The highest BCUT2D eigenvalue weighted by Crippen LogP contribution is 2.33. The second-order valence-electron chi connectivity index (χ2n) is 5.84. The summed E-state index contributed by atoms with van der Waals surface area (Å²) in [5.41, 5.74) is 3.18. The molecule has 0 unspecified atom stereocenters. The molecule has 0 fully saturated rings. The van der Waals surface area contributed by atoms with Gasteiger partial charge in [-0.25, -0.2) is 4.98 Å². The number of fused-ring (bicyclic) bond motifs is 1. The number of hydrogen-bond acceptors (Lipinski definition) is 3. The third-order valence-corrected chi connectivity index (χ3v) is 5.31. The van der Waals surface area contributed by atoms with Crippen molar-refractivity contribution in [3.05, 3.63) is 83.1 Å². The van der Waals surface area contributed by atoms with E-state index in [0.29, 0.717) is 11.4 Å². The molecule has 3 heterocycles. The molecule has 1 aromatic carbocycles. The van der Waals surface area contributed by atoms with Crippen LogP contribution in [0.4, 0.5) is 0 Å². The van der Waals surface area contributed by atoms with Gasteiger partial charge in [-0.1, -0.05) is 24.3 Å². The first kappa shape index (κ1) is 15.6. The Labute approximate surface area is 149 Å². The van der Waals surface area contributed by atoms with Crippen LogP contribution in [-0.4, -0.2) is 15.5 Å². The lowest BCUT2D eigenvalue weighted by Crippen LogP contribution is -2.23. The van der Waals surface area contributed by atoms with Crippen LogP contribution >= 0.6 is 11.3 Å². The topological polar surface area (TPSA) is 46.9 Å². The Bertz CT molecular complexity index is 1030. The van der Waals surface area contributed by atoms with Gasteiger partial charge in [0, 0.05) is 30.5 Å². The molecule has 0 atom stereocenters. The largest absolute Gasteiger partial charge is 0.347 e. The van der Waals surface area contributed by atoms with Gasteiger partial charge in [-0.15, -0.1) is 11.3 Å². The fraction of sp³-hybridized carbons (Fsp3) is 0.100. The summed E-state index contributed by atoms with van der Waals surface area (Å²) in [6.07, 6.45) is 5.66. The molecule has 0 aliphatic rings. The third-order valence-electron chi connectivity index (χ3n) is 4.21. The number of thiophene rings is 1. The molecule has 3 aromatic heterocycles. The molecule has 4 rings (SSSR count). The maximum absolute atomic E-state index is 12.9. The van der Waals surface area contributed by atoms with E-state index in [1.54, 1.807) is 6.20 Å². The number of hydrogen-bond donors (Lipinski definition) is 1. The smallest absolute Gasteiger partial charge is 0.263 e. The summed E-state index contributed by atoms with van der Waals surface area (Å²) < 4.78 is 1.98. The van der Waals surface area contributed by atoms with Gasteiger partial charge in [-0.3, -0.25) is 4.79 Å². The molecule has 25 heavy (non-hydrogen) atoms. The zero-order valence-electron chi connectivity index (χ0n) is 13.8. The lowest BCUT2D eigenvalue weighted by molar-refractivity contribution is 0.0955. The number of amides is 1. The highest BCUT2D eigenvalue weighted by molar-refractivity contribution is 7.21. The highest BCUT2D eigenvalue weighted by atomic mass is 32.1. The van der Waals surface area contributed by atoms with Crippen molar-refractivity contribution < 1.29 is 4.79 Å². The van der Waals surface area contributed by atoms with Crippen molar-refractivity contribution in [1.82, 2.24) is 14.9 Å². The van der Waals surface area contributed by atoms with Crippen LogP contribution in [0.2, 0.25) is 0 Å². The SMILES string of the molecule is Cc1ccccc1CNC(=O)c1sc2ncccc2c1-n1cccc1. The van der Waals surface area contributed by atoms with Crippen LogP contribution in [-0.2, 0) is 6.54 Å². The first-order chi connectivity index (χ1) is 12.2. The number of benzene rings is 1. The number of aryl methyl sites for hydroxylation is 1. The molecule has 5 heteroatoms. The van der Waals surface area contributed by atoms with Crippen molar-refractivity contribution in [1.29, 1.82) is 0 Å². The van der Waals surface area contributed by atoms with Gasteiger partial charge in [0.15, 0.2) is 0 Å². The van der Waals surface area contributed by atoms with Crippen LogP contribution in [0.15, 0.2) is 67.1 Å². The number of rotatable bonds is 4. The number of carbonyl (C=O) groups is 1. The average Bonchev–Trinajstić information content (AvgIpc) is 3.27. The highest BCUT2D eigenvalue weighted by Gasteiger charge is 2.20. The van der Waals surface area contributed by atoms with Crippen LogP contribution in [0, 0.1) is 6.92 Å². The molecular weight excluding hydrogens is 330 g/mol. The lowest BCUT2D eigenvalue weighted by Gasteiger charge is -2.09. The Morgan fingerprint density at radius 2 is 1.92 bits per heavy atom. The Hall–Kier alpha value is -2.92. The third kappa shape index (κ3) is 2.94. The van der Waals surface area contributed by atoms with Gasteiger partial charge < -0.3 is 9.88 Å². The summed E-state index contributed by atoms with van der Waals surface area (Å²) in [6.45, 7) is 2.56. The van der Waals surface area contributed by atoms with Crippen LogP contribution in [0.1, 0.15) is 20.8 Å². The maximum atomic E-state index is 12.9. The first-order valence-electron chi connectivity index (χ1n) is 8.07. The molecular formula is C20H17N3OS. The summed E-state index contributed by atoms with van der Waals surface area (Å²) >= 11 is 1.43. The second kappa shape index (κ2) is 6.53. The molecule has 0 spiro atoms. The maximum Gasteiger partial charge on any atom is 0.263 e. The Balaban J connectivity index is 1.70. The van der Waals surface area contributed by atoms with E-state index in [4.69, 9.17) is 0 Å². The molecule has 0 aliphatic carbocycles. The van der Waals surface area contributed by atoms with E-state index < -0.39 is 0 Å². The molecule has 0 saturated heterocycles. The Morgan fingerprint density at radius 3 is 2.72 bits per heavy atom. The predicted octanol–water partition coefficient (Wildman–Crippen LogP) is 4.33. The van der Waals surface area contributed by atoms with Crippen molar-refractivity contribution in [2.45, 2.75) is 13.5 Å². The fourth-order valence-electron chi connectivity index (χ4n) is 2.88. The Kier molecular flexibility index (Phi) is 4.07. The normalized spacial score (nSPS) is 10.9. The van der Waals surface area contributed by atoms with E-state index in [-0.39, 0.29) is 5.91 Å². The van der Waals surface area contributed by atoms with Crippen molar-refractivity contribution in [3.8, 4) is 5.69 Å². The zero-order chi connectivity index (χ0) is 17.2. The van der Waals surface area contributed by atoms with Gasteiger partial charge in [-0.2, -0.15) is 0 Å². The van der Waals surface area contributed by atoms with Crippen LogP contribution in [0.25, 0.3) is 15.9 Å². The molecule has 0 aliphatic heterocycles. The number of carbonyl (C=O) groups excluding carboxylic acids is 1. The van der Waals surface area contributed by atoms with Crippen molar-refractivity contribution in [2.24, 2.45) is 0 Å². The minimum Gasteiger partial charge on any atom is -0.347 e. The van der Waals surface area contributed by atoms with E-state index in [1.807, 2.05) is 59.4 Å². The zero-order valence-corrected chi connectivity index (χ0v) is 14.6. The molecule has 1 amide bonds. The van der Waals surface area contributed by atoms with E-state index in [9.17, 15) is 4.79 Å². The number of aromatic nitrogens is 2. The quantitative estimate of drug-likeness (QED) is 0.597. The molecule has 124 valence electrons. The van der Waals surface area contributed by atoms with E-state index >= 15 is 0 Å². The number of pyridine rings is 1. The molecule has 1 N–H and O–H groups in total. The first-order valence-corrected chi connectivity index (χ1v) is 8.89. The van der Waals surface area contributed by atoms with E-state index in [1.165, 1.54) is 16.9 Å². The number of nitrogens with one attached hydrogen (secondary N) is 1.